The molecule has 2 aromatic carbocycles. The number of hydrogen-bond donors (Lipinski definition) is 1. The van der Waals surface area contributed by atoms with Gasteiger partial charge >= 0.3 is 0 Å². The number of nitrogens with one attached hydrogen (secondary N) is 1. The molecule has 2 aromatic rings. The van der Waals surface area contributed by atoms with E-state index in [1.807, 2.05) is 0 Å². The quantitative estimate of drug-likeness (QED) is 0.866. The standard InChI is InChI=1S/C17H13FN2O2/c18-13-8-5-12(6-9-13)7-10-17(22)20-11-16(21)19-14-3-1-2-4-15(14)20/h1-10H,11H2,(H,19,21)/b10-7+. The maximum absolute atomic E-state index is 12.8. The van der Waals surface area contributed by atoms with Crippen LogP contribution in [0.25, 0.3) is 6.08 Å². The van der Waals surface area contributed by atoms with Crippen molar-refractivity contribution in [3.8, 4) is 0 Å². The van der Waals surface area contributed by atoms with E-state index >= 15 is 0 Å². The third-order valence-corrected chi connectivity index (χ3v) is 3.33. The van der Waals surface area contributed by atoms with E-state index in [1.54, 1.807) is 42.5 Å². The number of amides is 2. The number of fused-ring (bicyclic) bond motifs is 1. The summed E-state index contributed by atoms with van der Waals surface area (Å²) in [5.41, 5.74) is 1.99. The van der Waals surface area contributed by atoms with Gasteiger partial charge in [-0.25, -0.2) is 4.39 Å². The van der Waals surface area contributed by atoms with Crippen LogP contribution in [-0.2, 0) is 9.59 Å². The van der Waals surface area contributed by atoms with Crippen LogP contribution in [0.4, 0.5) is 15.8 Å². The molecular formula is C17H13FN2O2. The Balaban J connectivity index is 1.83. The van der Waals surface area contributed by atoms with Crippen LogP contribution in [0.1, 0.15) is 5.56 Å². The minimum absolute atomic E-state index is 0.0242. The molecule has 0 aliphatic carbocycles. The Morgan fingerprint density at radius 1 is 1.14 bits per heavy atom. The zero-order valence-corrected chi connectivity index (χ0v) is 11.6. The molecule has 1 N–H and O–H groups in total. The van der Waals surface area contributed by atoms with E-state index in [1.165, 1.54) is 23.1 Å². The van der Waals surface area contributed by atoms with Crippen LogP contribution in [-0.4, -0.2) is 18.4 Å². The van der Waals surface area contributed by atoms with Crippen molar-refractivity contribution >= 4 is 29.3 Å². The molecule has 110 valence electrons. The van der Waals surface area contributed by atoms with E-state index in [0.717, 1.165) is 0 Å². The van der Waals surface area contributed by atoms with Gasteiger partial charge in [0.2, 0.25) is 5.91 Å². The number of halogens is 1. The predicted molar refractivity (Wildman–Crippen MR) is 82.9 cm³/mol. The van der Waals surface area contributed by atoms with E-state index in [-0.39, 0.29) is 24.2 Å². The van der Waals surface area contributed by atoms with E-state index in [0.29, 0.717) is 16.9 Å². The molecule has 0 bridgehead atoms. The first-order valence-electron chi connectivity index (χ1n) is 6.77. The molecule has 1 aliphatic rings. The van der Waals surface area contributed by atoms with Crippen molar-refractivity contribution in [2.24, 2.45) is 0 Å². The zero-order chi connectivity index (χ0) is 15.5. The number of carbonyl (C=O) groups excluding carboxylic acids is 2. The summed E-state index contributed by atoms with van der Waals surface area (Å²) in [5.74, 6) is -0.862. The Kier molecular flexibility index (Phi) is 3.70. The van der Waals surface area contributed by atoms with Gasteiger partial charge in [0.15, 0.2) is 0 Å². The average Bonchev–Trinajstić information content (AvgIpc) is 2.53. The van der Waals surface area contributed by atoms with Gasteiger partial charge in [-0.3, -0.25) is 14.5 Å². The van der Waals surface area contributed by atoms with Crippen LogP contribution in [0.2, 0.25) is 0 Å². The number of carbonyl (C=O) groups is 2. The van der Waals surface area contributed by atoms with Gasteiger partial charge in [-0.15, -0.1) is 0 Å². The van der Waals surface area contributed by atoms with Crippen molar-refractivity contribution in [1.82, 2.24) is 0 Å². The number of rotatable bonds is 2. The van der Waals surface area contributed by atoms with Crippen molar-refractivity contribution < 1.29 is 14.0 Å². The van der Waals surface area contributed by atoms with Crippen molar-refractivity contribution in [2.75, 3.05) is 16.8 Å². The Labute approximate surface area is 126 Å². The molecule has 4 nitrogen and oxygen atoms in total. The number of benzene rings is 2. The number of nitrogens with zero attached hydrogens (tertiary/aromatic N) is 1. The summed E-state index contributed by atoms with van der Waals surface area (Å²) < 4.78 is 12.8. The fourth-order valence-corrected chi connectivity index (χ4v) is 2.26. The van der Waals surface area contributed by atoms with E-state index in [4.69, 9.17) is 0 Å². The maximum atomic E-state index is 12.8. The van der Waals surface area contributed by atoms with Gasteiger partial charge in [-0.05, 0) is 35.9 Å². The molecule has 22 heavy (non-hydrogen) atoms. The van der Waals surface area contributed by atoms with Crippen molar-refractivity contribution in [1.29, 1.82) is 0 Å². The van der Waals surface area contributed by atoms with Gasteiger partial charge in [0, 0.05) is 6.08 Å². The summed E-state index contributed by atoms with van der Waals surface area (Å²) in [6.07, 6.45) is 2.97. The Morgan fingerprint density at radius 3 is 2.64 bits per heavy atom. The van der Waals surface area contributed by atoms with E-state index in [9.17, 15) is 14.0 Å². The highest BCUT2D eigenvalue weighted by molar-refractivity contribution is 6.13. The van der Waals surface area contributed by atoms with Crippen molar-refractivity contribution in [3.05, 3.63) is 66.0 Å². The molecule has 0 saturated heterocycles. The summed E-state index contributed by atoms with van der Waals surface area (Å²) >= 11 is 0. The molecule has 0 saturated carbocycles. The normalized spacial score (nSPS) is 13.9. The highest BCUT2D eigenvalue weighted by Gasteiger charge is 2.24. The first-order valence-corrected chi connectivity index (χ1v) is 6.77. The van der Waals surface area contributed by atoms with E-state index in [2.05, 4.69) is 5.32 Å². The minimum atomic E-state index is -0.329. The Morgan fingerprint density at radius 2 is 1.86 bits per heavy atom. The van der Waals surface area contributed by atoms with Gasteiger partial charge in [-0.2, -0.15) is 0 Å². The first kappa shape index (κ1) is 14.0. The second kappa shape index (κ2) is 5.81. The van der Waals surface area contributed by atoms with Crippen molar-refractivity contribution in [2.45, 2.75) is 0 Å². The van der Waals surface area contributed by atoms with Crippen LogP contribution in [0.15, 0.2) is 54.6 Å². The van der Waals surface area contributed by atoms with Gasteiger partial charge < -0.3 is 5.32 Å². The molecule has 5 heteroatoms. The average molecular weight is 296 g/mol. The number of anilines is 2. The number of para-hydroxylation sites is 2. The largest absolute Gasteiger partial charge is 0.323 e. The van der Waals surface area contributed by atoms with Gasteiger partial charge in [-0.1, -0.05) is 24.3 Å². The third-order valence-electron chi connectivity index (χ3n) is 3.33. The molecule has 0 aromatic heterocycles. The fraction of sp³-hybridized carbons (Fsp3) is 0.0588. The second-order valence-electron chi connectivity index (χ2n) is 4.87. The predicted octanol–water partition coefficient (Wildman–Crippen LogP) is 2.82. The Hall–Kier alpha value is -2.95. The summed E-state index contributed by atoms with van der Waals surface area (Å²) in [7, 11) is 0. The molecule has 0 radical (unpaired) electrons. The first-order chi connectivity index (χ1) is 10.6. The topological polar surface area (TPSA) is 49.4 Å². The lowest BCUT2D eigenvalue weighted by Gasteiger charge is -2.28. The molecule has 2 amide bonds. The molecule has 0 unspecified atom stereocenters. The minimum Gasteiger partial charge on any atom is -0.323 e. The zero-order valence-electron chi connectivity index (χ0n) is 11.6. The maximum Gasteiger partial charge on any atom is 0.251 e. The second-order valence-corrected chi connectivity index (χ2v) is 4.87. The summed E-state index contributed by atoms with van der Waals surface area (Å²) in [6, 6.07) is 12.9. The molecular weight excluding hydrogens is 283 g/mol. The van der Waals surface area contributed by atoms with Crippen molar-refractivity contribution in [3.63, 3.8) is 0 Å². The highest BCUT2D eigenvalue weighted by Crippen LogP contribution is 2.29. The SMILES string of the molecule is O=C1CN(C(=O)/C=C/c2ccc(F)cc2)c2ccccc2N1. The molecule has 1 aliphatic heterocycles. The molecule has 1 heterocycles. The van der Waals surface area contributed by atoms with Gasteiger partial charge in [0.25, 0.3) is 5.91 Å². The molecule has 3 rings (SSSR count). The number of hydrogen-bond acceptors (Lipinski definition) is 2. The highest BCUT2D eigenvalue weighted by atomic mass is 19.1. The van der Waals surface area contributed by atoms with Gasteiger partial charge in [0.1, 0.15) is 12.4 Å². The van der Waals surface area contributed by atoms with Crippen LogP contribution in [0, 0.1) is 5.82 Å². The van der Waals surface area contributed by atoms with Gasteiger partial charge in [0.05, 0.1) is 11.4 Å². The summed E-state index contributed by atoms with van der Waals surface area (Å²) in [5, 5.41) is 2.73. The van der Waals surface area contributed by atoms with Crippen LogP contribution >= 0.6 is 0 Å². The van der Waals surface area contributed by atoms with E-state index < -0.39 is 0 Å². The summed E-state index contributed by atoms with van der Waals surface area (Å²) in [6.45, 7) is -0.0242. The Bertz CT molecular complexity index is 754. The third kappa shape index (κ3) is 2.88. The molecule has 0 spiro atoms. The molecule has 0 fully saturated rings. The van der Waals surface area contributed by atoms with Crippen LogP contribution in [0.5, 0.6) is 0 Å². The summed E-state index contributed by atoms with van der Waals surface area (Å²) in [4.78, 5) is 25.4. The van der Waals surface area contributed by atoms with Crippen LogP contribution in [0.3, 0.4) is 0 Å². The monoisotopic (exact) mass is 296 g/mol. The molecule has 0 atom stereocenters. The lowest BCUT2D eigenvalue weighted by Crippen LogP contribution is -2.41. The smallest absolute Gasteiger partial charge is 0.251 e. The lowest BCUT2D eigenvalue weighted by atomic mass is 10.1. The van der Waals surface area contributed by atoms with Crippen LogP contribution < -0.4 is 10.2 Å². The fourth-order valence-electron chi connectivity index (χ4n) is 2.26. The lowest BCUT2D eigenvalue weighted by molar-refractivity contribution is -0.119.